The molecule has 2 rings (SSSR count). The van der Waals surface area contributed by atoms with Gasteiger partial charge in [-0.05, 0) is 39.5 Å². The summed E-state index contributed by atoms with van der Waals surface area (Å²) in [6.45, 7) is 6.68. The van der Waals surface area contributed by atoms with E-state index in [9.17, 15) is 0 Å². The van der Waals surface area contributed by atoms with E-state index in [1.165, 1.54) is 36.6 Å². The molecule has 1 aliphatic rings. The molecule has 0 aromatic carbocycles. The summed E-state index contributed by atoms with van der Waals surface area (Å²) in [5, 5.41) is 6.92. The predicted molar refractivity (Wildman–Crippen MR) is 73.8 cm³/mol. The lowest BCUT2D eigenvalue weighted by molar-refractivity contribution is 0.253. The van der Waals surface area contributed by atoms with Crippen molar-refractivity contribution in [2.24, 2.45) is 0 Å². The molecule has 0 atom stereocenters. The van der Waals surface area contributed by atoms with Crippen LogP contribution >= 0.6 is 11.3 Å². The molecular formula is C13H23N3S. The molecule has 1 aromatic rings. The van der Waals surface area contributed by atoms with E-state index in [-0.39, 0.29) is 0 Å². The highest BCUT2D eigenvalue weighted by Gasteiger charge is 2.20. The zero-order valence-corrected chi connectivity index (χ0v) is 11.7. The zero-order chi connectivity index (χ0) is 12.1. The lowest BCUT2D eigenvalue weighted by Gasteiger charge is -2.27. The molecule has 0 radical (unpaired) electrons. The van der Waals surface area contributed by atoms with Crippen LogP contribution in [-0.2, 0) is 6.42 Å². The van der Waals surface area contributed by atoms with Gasteiger partial charge < -0.3 is 10.2 Å². The lowest BCUT2D eigenvalue weighted by Crippen LogP contribution is -2.29. The summed E-state index contributed by atoms with van der Waals surface area (Å²) in [6.07, 6.45) is 3.62. The van der Waals surface area contributed by atoms with Gasteiger partial charge in [-0.25, -0.2) is 4.98 Å². The highest BCUT2D eigenvalue weighted by atomic mass is 32.1. The summed E-state index contributed by atoms with van der Waals surface area (Å²) in [6, 6.07) is 0. The normalized spacial score (nSPS) is 18.7. The maximum absolute atomic E-state index is 4.79. The van der Waals surface area contributed by atoms with Crippen LogP contribution in [0.1, 0.15) is 36.4 Å². The van der Waals surface area contributed by atoms with E-state index in [2.05, 4.69) is 29.6 Å². The van der Waals surface area contributed by atoms with Gasteiger partial charge in [0.1, 0.15) is 0 Å². The molecule has 0 saturated carbocycles. The fourth-order valence-electron chi connectivity index (χ4n) is 2.30. The van der Waals surface area contributed by atoms with Crippen LogP contribution < -0.4 is 5.32 Å². The topological polar surface area (TPSA) is 28.2 Å². The zero-order valence-electron chi connectivity index (χ0n) is 10.9. The first-order valence-corrected chi connectivity index (χ1v) is 7.51. The van der Waals surface area contributed by atoms with Crippen LogP contribution in [0.3, 0.4) is 0 Å². The second-order valence-corrected chi connectivity index (χ2v) is 5.79. The van der Waals surface area contributed by atoms with Crippen molar-refractivity contribution in [3.63, 3.8) is 0 Å². The first-order valence-electron chi connectivity index (χ1n) is 6.63. The molecule has 1 N–H and O–H groups in total. The minimum absolute atomic E-state index is 0.704. The summed E-state index contributed by atoms with van der Waals surface area (Å²) in [7, 11) is 2.21. The van der Waals surface area contributed by atoms with Crippen molar-refractivity contribution in [2.45, 2.75) is 32.1 Å². The van der Waals surface area contributed by atoms with Crippen molar-refractivity contribution in [2.75, 3.05) is 33.2 Å². The summed E-state index contributed by atoms with van der Waals surface area (Å²) < 4.78 is 0. The third-order valence-electron chi connectivity index (χ3n) is 3.47. The number of piperidine rings is 1. The Balaban J connectivity index is 1.85. The molecule has 1 aromatic heterocycles. The molecule has 1 aliphatic heterocycles. The molecule has 96 valence electrons. The number of aromatic nitrogens is 1. The fraction of sp³-hybridized carbons (Fsp3) is 0.769. The standard InChI is InChI=1S/C13H23N3S/c1-3-14-7-4-13-15-12(10-17-13)11-5-8-16(2)9-6-11/h10-11,14H,3-9H2,1-2H3. The van der Waals surface area contributed by atoms with Crippen molar-refractivity contribution >= 4 is 11.3 Å². The van der Waals surface area contributed by atoms with Crippen molar-refractivity contribution < 1.29 is 0 Å². The summed E-state index contributed by atoms with van der Waals surface area (Å²) >= 11 is 1.83. The molecular weight excluding hydrogens is 230 g/mol. The van der Waals surface area contributed by atoms with Crippen molar-refractivity contribution in [3.8, 4) is 0 Å². The molecule has 0 spiro atoms. The number of hydrogen-bond donors (Lipinski definition) is 1. The quantitative estimate of drug-likeness (QED) is 0.815. The second-order valence-electron chi connectivity index (χ2n) is 4.85. The summed E-state index contributed by atoms with van der Waals surface area (Å²) in [4.78, 5) is 7.20. The number of likely N-dealkylation sites (tertiary alicyclic amines) is 1. The van der Waals surface area contributed by atoms with E-state index in [4.69, 9.17) is 4.98 Å². The largest absolute Gasteiger partial charge is 0.317 e. The Bertz CT molecular complexity index is 329. The summed E-state index contributed by atoms with van der Waals surface area (Å²) in [5.74, 6) is 0.704. The van der Waals surface area contributed by atoms with Gasteiger partial charge in [0.05, 0.1) is 10.7 Å². The van der Waals surface area contributed by atoms with Gasteiger partial charge in [0.25, 0.3) is 0 Å². The van der Waals surface area contributed by atoms with E-state index in [1.54, 1.807) is 0 Å². The smallest absolute Gasteiger partial charge is 0.0941 e. The molecule has 1 saturated heterocycles. The Kier molecular flexibility index (Phi) is 4.95. The lowest BCUT2D eigenvalue weighted by atomic mass is 9.95. The monoisotopic (exact) mass is 253 g/mol. The van der Waals surface area contributed by atoms with Crippen molar-refractivity contribution in [1.29, 1.82) is 0 Å². The van der Waals surface area contributed by atoms with E-state index in [0.29, 0.717) is 5.92 Å². The SMILES string of the molecule is CCNCCc1nc(C2CCN(C)CC2)cs1. The van der Waals surface area contributed by atoms with Crippen molar-refractivity contribution in [3.05, 3.63) is 16.1 Å². The minimum atomic E-state index is 0.704. The van der Waals surface area contributed by atoms with Gasteiger partial charge in [0, 0.05) is 24.3 Å². The number of rotatable bonds is 5. The van der Waals surface area contributed by atoms with Crippen LogP contribution in [-0.4, -0.2) is 43.1 Å². The Morgan fingerprint density at radius 3 is 2.94 bits per heavy atom. The van der Waals surface area contributed by atoms with Gasteiger partial charge in [-0.3, -0.25) is 0 Å². The maximum atomic E-state index is 4.79. The first-order chi connectivity index (χ1) is 8.29. The van der Waals surface area contributed by atoms with Crippen LogP contribution in [0.25, 0.3) is 0 Å². The Hall–Kier alpha value is -0.450. The molecule has 0 aliphatic carbocycles. The third kappa shape index (κ3) is 3.76. The summed E-state index contributed by atoms with van der Waals surface area (Å²) in [5.41, 5.74) is 1.34. The number of nitrogens with zero attached hydrogens (tertiary/aromatic N) is 2. The van der Waals surface area contributed by atoms with Gasteiger partial charge in [0.15, 0.2) is 0 Å². The maximum Gasteiger partial charge on any atom is 0.0941 e. The molecule has 3 nitrogen and oxygen atoms in total. The molecule has 17 heavy (non-hydrogen) atoms. The predicted octanol–water partition coefficient (Wildman–Crippen LogP) is 2.10. The average molecular weight is 253 g/mol. The Labute approximate surface area is 108 Å². The van der Waals surface area contributed by atoms with Crippen LogP contribution in [0.2, 0.25) is 0 Å². The van der Waals surface area contributed by atoms with Crippen LogP contribution in [0.4, 0.5) is 0 Å². The van der Waals surface area contributed by atoms with Crippen LogP contribution in [0.15, 0.2) is 5.38 Å². The molecule has 0 unspecified atom stereocenters. The number of likely N-dealkylation sites (N-methyl/N-ethyl adjacent to an activating group) is 1. The van der Waals surface area contributed by atoms with Gasteiger partial charge in [0.2, 0.25) is 0 Å². The minimum Gasteiger partial charge on any atom is -0.317 e. The van der Waals surface area contributed by atoms with Crippen LogP contribution in [0, 0.1) is 0 Å². The third-order valence-corrected chi connectivity index (χ3v) is 4.40. The molecule has 0 amide bonds. The number of thiazole rings is 1. The van der Waals surface area contributed by atoms with E-state index in [1.807, 2.05) is 11.3 Å². The molecule has 4 heteroatoms. The van der Waals surface area contributed by atoms with E-state index in [0.717, 1.165) is 19.5 Å². The Morgan fingerprint density at radius 1 is 1.47 bits per heavy atom. The Morgan fingerprint density at radius 2 is 2.24 bits per heavy atom. The van der Waals surface area contributed by atoms with Gasteiger partial charge in [-0.15, -0.1) is 11.3 Å². The molecule has 2 heterocycles. The molecule has 0 bridgehead atoms. The molecule has 1 fully saturated rings. The number of nitrogens with one attached hydrogen (secondary N) is 1. The first kappa shape index (κ1) is 13.0. The van der Waals surface area contributed by atoms with Gasteiger partial charge in [-0.1, -0.05) is 6.92 Å². The highest BCUT2D eigenvalue weighted by Crippen LogP contribution is 2.28. The second kappa shape index (κ2) is 6.47. The van der Waals surface area contributed by atoms with E-state index < -0.39 is 0 Å². The average Bonchev–Trinajstić information content (AvgIpc) is 2.79. The highest BCUT2D eigenvalue weighted by molar-refractivity contribution is 7.09. The van der Waals surface area contributed by atoms with Gasteiger partial charge >= 0.3 is 0 Å². The fourth-order valence-corrected chi connectivity index (χ4v) is 3.18. The van der Waals surface area contributed by atoms with Crippen LogP contribution in [0.5, 0.6) is 0 Å². The van der Waals surface area contributed by atoms with Gasteiger partial charge in [-0.2, -0.15) is 0 Å². The number of hydrogen-bond acceptors (Lipinski definition) is 4. The van der Waals surface area contributed by atoms with E-state index >= 15 is 0 Å². The van der Waals surface area contributed by atoms with Crippen molar-refractivity contribution in [1.82, 2.24) is 15.2 Å².